The highest BCUT2D eigenvalue weighted by molar-refractivity contribution is 4.93. The van der Waals surface area contributed by atoms with Crippen LogP contribution in [-0.2, 0) is 13.5 Å². The minimum absolute atomic E-state index is 0.167. The molecular weight excluding hydrogens is 273 g/mol. The standard InChI is InChI=1S/C11H19F3N6/c1-20-18-10(17-19-20)6-9(16-15)7-4-2-3-5-8(7)11(12,13)14/h7-9,16H,2-6,15H2,1H3. The highest BCUT2D eigenvalue weighted by Crippen LogP contribution is 2.43. The van der Waals surface area contributed by atoms with Gasteiger partial charge in [-0.25, -0.2) is 0 Å². The summed E-state index contributed by atoms with van der Waals surface area (Å²) in [6.07, 6.45) is -1.85. The third kappa shape index (κ3) is 3.45. The molecule has 0 aromatic carbocycles. The van der Waals surface area contributed by atoms with Gasteiger partial charge in [0.25, 0.3) is 0 Å². The maximum Gasteiger partial charge on any atom is 0.392 e. The Morgan fingerprint density at radius 2 is 2.10 bits per heavy atom. The molecule has 6 nitrogen and oxygen atoms in total. The van der Waals surface area contributed by atoms with Crippen molar-refractivity contribution in [2.45, 2.75) is 44.3 Å². The van der Waals surface area contributed by atoms with Gasteiger partial charge < -0.3 is 0 Å². The van der Waals surface area contributed by atoms with E-state index in [1.165, 1.54) is 4.80 Å². The molecule has 1 heterocycles. The van der Waals surface area contributed by atoms with Crippen molar-refractivity contribution in [2.24, 2.45) is 24.7 Å². The fraction of sp³-hybridized carbons (Fsp3) is 0.909. The molecule has 114 valence electrons. The van der Waals surface area contributed by atoms with Crippen molar-refractivity contribution >= 4 is 0 Å². The Hall–Kier alpha value is -1.22. The number of hydrazine groups is 1. The highest BCUT2D eigenvalue weighted by Gasteiger charge is 2.47. The van der Waals surface area contributed by atoms with Gasteiger partial charge >= 0.3 is 6.18 Å². The van der Waals surface area contributed by atoms with E-state index >= 15 is 0 Å². The Morgan fingerprint density at radius 1 is 1.40 bits per heavy atom. The van der Waals surface area contributed by atoms with Crippen molar-refractivity contribution in [2.75, 3.05) is 0 Å². The summed E-state index contributed by atoms with van der Waals surface area (Å²) in [4.78, 5) is 1.28. The molecule has 0 spiro atoms. The highest BCUT2D eigenvalue weighted by atomic mass is 19.4. The van der Waals surface area contributed by atoms with E-state index in [2.05, 4.69) is 20.8 Å². The summed E-state index contributed by atoms with van der Waals surface area (Å²) in [6.45, 7) is 0. The number of hydrogen-bond donors (Lipinski definition) is 2. The predicted molar refractivity (Wildman–Crippen MR) is 65.1 cm³/mol. The molecule has 0 aliphatic heterocycles. The fourth-order valence-corrected chi connectivity index (χ4v) is 2.98. The van der Waals surface area contributed by atoms with Crippen LogP contribution < -0.4 is 11.3 Å². The molecule has 1 aliphatic carbocycles. The summed E-state index contributed by atoms with van der Waals surface area (Å²) < 4.78 is 39.3. The van der Waals surface area contributed by atoms with Crippen LogP contribution in [0.3, 0.4) is 0 Å². The van der Waals surface area contributed by atoms with Gasteiger partial charge in [0.1, 0.15) is 0 Å². The van der Waals surface area contributed by atoms with E-state index in [1.807, 2.05) is 0 Å². The second kappa shape index (κ2) is 6.04. The molecule has 0 amide bonds. The van der Waals surface area contributed by atoms with Gasteiger partial charge in [-0.05, 0) is 24.0 Å². The molecule has 1 aromatic rings. The average Bonchev–Trinajstić information content (AvgIpc) is 2.80. The van der Waals surface area contributed by atoms with Crippen LogP contribution in [0.25, 0.3) is 0 Å². The van der Waals surface area contributed by atoms with Crippen molar-refractivity contribution in [1.82, 2.24) is 25.6 Å². The van der Waals surface area contributed by atoms with E-state index < -0.39 is 24.1 Å². The zero-order valence-corrected chi connectivity index (χ0v) is 11.3. The molecule has 2 rings (SSSR count). The van der Waals surface area contributed by atoms with E-state index in [0.717, 1.165) is 6.42 Å². The number of hydrogen-bond acceptors (Lipinski definition) is 5. The van der Waals surface area contributed by atoms with E-state index in [4.69, 9.17) is 5.84 Å². The summed E-state index contributed by atoms with van der Waals surface area (Å²) in [7, 11) is 1.61. The van der Waals surface area contributed by atoms with Crippen LogP contribution in [0.15, 0.2) is 0 Å². The maximum atomic E-state index is 13.1. The van der Waals surface area contributed by atoms with Gasteiger partial charge in [-0.2, -0.15) is 18.0 Å². The van der Waals surface area contributed by atoms with Gasteiger partial charge in [0.15, 0.2) is 5.82 Å². The summed E-state index contributed by atoms with van der Waals surface area (Å²) in [5, 5.41) is 11.5. The number of aromatic nitrogens is 4. The number of alkyl halides is 3. The number of rotatable bonds is 4. The van der Waals surface area contributed by atoms with Crippen LogP contribution in [0, 0.1) is 11.8 Å². The lowest BCUT2D eigenvalue weighted by Crippen LogP contribution is -2.49. The Bertz CT molecular complexity index is 432. The first-order valence-corrected chi connectivity index (χ1v) is 6.67. The van der Waals surface area contributed by atoms with Crippen molar-refractivity contribution in [3.8, 4) is 0 Å². The summed E-state index contributed by atoms with van der Waals surface area (Å²) in [5.74, 6) is 4.01. The second-order valence-electron chi connectivity index (χ2n) is 5.27. The smallest absolute Gasteiger partial charge is 0.271 e. The molecular formula is C11H19F3N6. The molecule has 3 atom stereocenters. The topological polar surface area (TPSA) is 81.7 Å². The number of halogens is 3. The normalized spacial score (nSPS) is 25.6. The lowest BCUT2D eigenvalue weighted by atomic mass is 9.74. The fourth-order valence-electron chi connectivity index (χ4n) is 2.98. The zero-order chi connectivity index (χ0) is 14.8. The quantitative estimate of drug-likeness (QED) is 0.638. The molecule has 3 N–H and O–H groups in total. The first-order chi connectivity index (χ1) is 9.41. The second-order valence-corrected chi connectivity index (χ2v) is 5.27. The molecule has 1 saturated carbocycles. The van der Waals surface area contributed by atoms with Crippen molar-refractivity contribution in [3.63, 3.8) is 0 Å². The van der Waals surface area contributed by atoms with Crippen molar-refractivity contribution in [3.05, 3.63) is 5.82 Å². The van der Waals surface area contributed by atoms with Gasteiger partial charge in [0, 0.05) is 12.5 Å². The van der Waals surface area contributed by atoms with E-state index in [9.17, 15) is 13.2 Å². The van der Waals surface area contributed by atoms with Crippen LogP contribution in [0.2, 0.25) is 0 Å². The zero-order valence-electron chi connectivity index (χ0n) is 11.3. The van der Waals surface area contributed by atoms with Crippen molar-refractivity contribution in [1.29, 1.82) is 0 Å². The van der Waals surface area contributed by atoms with Gasteiger partial charge in [0.2, 0.25) is 0 Å². The monoisotopic (exact) mass is 292 g/mol. The molecule has 1 aliphatic rings. The number of nitrogens with one attached hydrogen (secondary N) is 1. The van der Waals surface area contributed by atoms with E-state index in [-0.39, 0.29) is 12.8 Å². The largest absolute Gasteiger partial charge is 0.392 e. The molecule has 1 fully saturated rings. The third-order valence-electron chi connectivity index (χ3n) is 3.92. The predicted octanol–water partition coefficient (Wildman–Crippen LogP) is 0.953. The van der Waals surface area contributed by atoms with Gasteiger partial charge in [-0.1, -0.05) is 12.8 Å². The SMILES string of the molecule is Cn1nnc(CC(NN)C2CCCCC2C(F)(F)F)n1. The van der Waals surface area contributed by atoms with Crippen LogP contribution in [0.4, 0.5) is 13.2 Å². The summed E-state index contributed by atoms with van der Waals surface area (Å²) >= 11 is 0. The van der Waals surface area contributed by atoms with Crippen LogP contribution in [0.5, 0.6) is 0 Å². The lowest BCUT2D eigenvalue weighted by molar-refractivity contribution is -0.199. The van der Waals surface area contributed by atoms with Crippen LogP contribution >= 0.6 is 0 Å². The minimum Gasteiger partial charge on any atom is -0.271 e. The van der Waals surface area contributed by atoms with Crippen LogP contribution in [-0.4, -0.2) is 32.4 Å². The Kier molecular flexibility index (Phi) is 4.59. The number of nitrogens with zero attached hydrogens (tertiary/aromatic N) is 4. The molecule has 3 unspecified atom stereocenters. The lowest BCUT2D eigenvalue weighted by Gasteiger charge is -2.37. The molecule has 0 bridgehead atoms. The first kappa shape index (κ1) is 15.2. The first-order valence-electron chi connectivity index (χ1n) is 6.67. The molecule has 9 heteroatoms. The van der Waals surface area contributed by atoms with Crippen molar-refractivity contribution < 1.29 is 13.2 Å². The Balaban J connectivity index is 2.11. The van der Waals surface area contributed by atoms with Gasteiger partial charge in [0.05, 0.1) is 13.0 Å². The van der Waals surface area contributed by atoms with E-state index in [1.54, 1.807) is 7.05 Å². The molecule has 1 aromatic heterocycles. The molecule has 0 radical (unpaired) electrons. The molecule has 20 heavy (non-hydrogen) atoms. The number of tetrazole rings is 1. The molecule has 0 saturated heterocycles. The maximum absolute atomic E-state index is 13.1. The number of nitrogens with two attached hydrogens (primary N) is 1. The number of aryl methyl sites for hydroxylation is 1. The van der Waals surface area contributed by atoms with Crippen LogP contribution in [0.1, 0.15) is 31.5 Å². The minimum atomic E-state index is -4.18. The summed E-state index contributed by atoms with van der Waals surface area (Å²) in [5.41, 5.74) is 2.51. The van der Waals surface area contributed by atoms with Gasteiger partial charge in [-0.3, -0.25) is 11.3 Å². The Labute approximate surface area is 114 Å². The van der Waals surface area contributed by atoms with E-state index in [0.29, 0.717) is 18.7 Å². The third-order valence-corrected chi connectivity index (χ3v) is 3.92. The average molecular weight is 292 g/mol. The Morgan fingerprint density at radius 3 is 2.65 bits per heavy atom. The summed E-state index contributed by atoms with van der Waals surface area (Å²) in [6, 6.07) is -0.494. The van der Waals surface area contributed by atoms with Gasteiger partial charge in [-0.15, -0.1) is 10.2 Å².